The molecule has 0 bridgehead atoms. The van der Waals surface area contributed by atoms with Gasteiger partial charge in [0.1, 0.15) is 11.6 Å². The molecule has 0 saturated carbocycles. The van der Waals surface area contributed by atoms with Crippen LogP contribution in [0.4, 0.5) is 4.39 Å². The van der Waals surface area contributed by atoms with Crippen LogP contribution < -0.4 is 10.7 Å². The Labute approximate surface area is 144 Å². The molecule has 25 heavy (non-hydrogen) atoms. The van der Waals surface area contributed by atoms with Crippen LogP contribution in [0.5, 0.6) is 5.75 Å². The zero-order chi connectivity index (χ0) is 18.2. The molecule has 0 heterocycles. The summed E-state index contributed by atoms with van der Waals surface area (Å²) in [5, 5.41) is 15.7. The summed E-state index contributed by atoms with van der Waals surface area (Å²) in [5.74, 6) is -0.966. The van der Waals surface area contributed by atoms with Crippen LogP contribution in [0.25, 0.3) is 0 Å². The van der Waals surface area contributed by atoms with Crippen molar-refractivity contribution in [2.75, 3.05) is 0 Å². The first-order valence-corrected chi connectivity index (χ1v) is 7.57. The van der Waals surface area contributed by atoms with E-state index in [0.29, 0.717) is 11.3 Å². The maximum Gasteiger partial charge on any atom is 0.271 e. The highest BCUT2D eigenvalue weighted by Crippen LogP contribution is 2.09. The van der Waals surface area contributed by atoms with Gasteiger partial charge >= 0.3 is 0 Å². The number of nitrogens with one attached hydrogen (secondary N) is 2. The van der Waals surface area contributed by atoms with Crippen LogP contribution >= 0.6 is 0 Å². The fraction of sp³-hybridized carbons (Fsp3) is 0.167. The summed E-state index contributed by atoms with van der Waals surface area (Å²) < 4.78 is 12.8. The molecule has 6 nitrogen and oxygen atoms in total. The van der Waals surface area contributed by atoms with E-state index in [-0.39, 0.29) is 30.4 Å². The first kappa shape index (κ1) is 18.1. The normalized spacial score (nSPS) is 11.0. The molecule has 0 fully saturated rings. The number of hydrogen-bond donors (Lipinski definition) is 3. The van der Waals surface area contributed by atoms with E-state index in [9.17, 15) is 19.1 Å². The standard InChI is InChI=1S/C18H18FN3O3/c1-12(21-22-18(25)14-4-8-16(23)9-5-14)10-17(24)20-11-13-2-6-15(19)7-3-13/h2-9,23H,10-11H2,1H3,(H,20,24)(H,22,25)/b21-12-. The Morgan fingerprint density at radius 1 is 1.08 bits per heavy atom. The monoisotopic (exact) mass is 343 g/mol. The van der Waals surface area contributed by atoms with E-state index in [0.717, 1.165) is 5.56 Å². The summed E-state index contributed by atoms with van der Waals surface area (Å²) in [6, 6.07) is 11.6. The Morgan fingerprint density at radius 2 is 1.72 bits per heavy atom. The molecule has 7 heteroatoms. The molecule has 0 unspecified atom stereocenters. The number of phenols is 1. The van der Waals surface area contributed by atoms with Crippen LogP contribution in [0.2, 0.25) is 0 Å². The fourth-order valence-corrected chi connectivity index (χ4v) is 1.96. The summed E-state index contributed by atoms with van der Waals surface area (Å²) in [5.41, 5.74) is 3.91. The minimum Gasteiger partial charge on any atom is -0.508 e. The highest BCUT2D eigenvalue weighted by molar-refractivity contribution is 6.01. The molecule has 0 saturated heterocycles. The summed E-state index contributed by atoms with van der Waals surface area (Å²) in [4.78, 5) is 23.7. The predicted octanol–water partition coefficient (Wildman–Crippen LogP) is 2.34. The Bertz CT molecular complexity index is 771. The van der Waals surface area contributed by atoms with E-state index < -0.39 is 5.91 Å². The van der Waals surface area contributed by atoms with Crippen molar-refractivity contribution in [3.05, 3.63) is 65.5 Å². The van der Waals surface area contributed by atoms with E-state index in [1.165, 1.54) is 36.4 Å². The quantitative estimate of drug-likeness (QED) is 0.555. The number of carbonyl (C=O) groups excluding carboxylic acids is 2. The lowest BCUT2D eigenvalue weighted by Crippen LogP contribution is -2.26. The number of carbonyl (C=O) groups is 2. The fourth-order valence-electron chi connectivity index (χ4n) is 1.96. The van der Waals surface area contributed by atoms with Gasteiger partial charge in [-0.1, -0.05) is 12.1 Å². The number of halogens is 1. The van der Waals surface area contributed by atoms with E-state index in [1.807, 2.05) is 0 Å². The number of rotatable bonds is 6. The van der Waals surface area contributed by atoms with E-state index >= 15 is 0 Å². The lowest BCUT2D eigenvalue weighted by atomic mass is 10.2. The van der Waals surface area contributed by atoms with Crippen molar-refractivity contribution in [2.24, 2.45) is 5.10 Å². The van der Waals surface area contributed by atoms with Gasteiger partial charge in [0, 0.05) is 17.8 Å². The lowest BCUT2D eigenvalue weighted by molar-refractivity contribution is -0.120. The molecule has 2 aromatic carbocycles. The highest BCUT2D eigenvalue weighted by Gasteiger charge is 2.07. The summed E-state index contributed by atoms with van der Waals surface area (Å²) >= 11 is 0. The third-order valence-corrected chi connectivity index (χ3v) is 3.30. The van der Waals surface area contributed by atoms with Gasteiger partial charge in [-0.15, -0.1) is 0 Å². The molecule has 2 amide bonds. The number of hydrazone groups is 1. The summed E-state index contributed by atoms with van der Waals surface area (Å²) in [6.45, 7) is 1.90. The van der Waals surface area contributed by atoms with E-state index in [1.54, 1.807) is 19.1 Å². The van der Waals surface area contributed by atoms with Crippen molar-refractivity contribution in [1.82, 2.24) is 10.7 Å². The van der Waals surface area contributed by atoms with E-state index in [2.05, 4.69) is 15.8 Å². The van der Waals surface area contributed by atoms with Gasteiger partial charge in [0.15, 0.2) is 0 Å². The Balaban J connectivity index is 1.79. The minimum atomic E-state index is -0.439. The third-order valence-electron chi connectivity index (χ3n) is 3.30. The maximum absolute atomic E-state index is 12.8. The molecule has 2 aromatic rings. The zero-order valence-electron chi connectivity index (χ0n) is 13.6. The average Bonchev–Trinajstić information content (AvgIpc) is 2.60. The smallest absolute Gasteiger partial charge is 0.271 e. The molecule has 0 spiro atoms. The SMILES string of the molecule is C/C(CC(=O)NCc1ccc(F)cc1)=N/NC(=O)c1ccc(O)cc1. The van der Waals surface area contributed by atoms with Gasteiger partial charge in [-0.25, -0.2) is 9.82 Å². The molecule has 3 N–H and O–H groups in total. The first-order chi connectivity index (χ1) is 11.9. The van der Waals surface area contributed by atoms with Crippen molar-refractivity contribution in [3.63, 3.8) is 0 Å². The van der Waals surface area contributed by atoms with Gasteiger partial charge in [0.05, 0.1) is 6.42 Å². The zero-order valence-corrected chi connectivity index (χ0v) is 13.6. The molecule has 2 rings (SSSR count). The van der Waals surface area contributed by atoms with Gasteiger partial charge in [-0.3, -0.25) is 9.59 Å². The van der Waals surface area contributed by atoms with Crippen molar-refractivity contribution in [3.8, 4) is 5.75 Å². The molecule has 0 aliphatic carbocycles. The van der Waals surface area contributed by atoms with Crippen LogP contribution in [0, 0.1) is 5.82 Å². The maximum atomic E-state index is 12.8. The molecule has 0 aliphatic rings. The Morgan fingerprint density at radius 3 is 2.36 bits per heavy atom. The second-order valence-electron chi connectivity index (χ2n) is 5.41. The van der Waals surface area contributed by atoms with Crippen molar-refractivity contribution in [2.45, 2.75) is 19.9 Å². The number of nitrogens with zero attached hydrogens (tertiary/aromatic N) is 1. The molecular formula is C18H18FN3O3. The van der Waals surface area contributed by atoms with Gasteiger partial charge in [-0.05, 0) is 48.9 Å². The predicted molar refractivity (Wildman–Crippen MR) is 91.5 cm³/mol. The molecule has 130 valence electrons. The number of amides is 2. The topological polar surface area (TPSA) is 90.8 Å². The van der Waals surface area contributed by atoms with Gasteiger partial charge in [-0.2, -0.15) is 5.10 Å². The second kappa shape index (κ2) is 8.58. The first-order valence-electron chi connectivity index (χ1n) is 7.57. The summed E-state index contributed by atoms with van der Waals surface area (Å²) in [7, 11) is 0. The van der Waals surface area contributed by atoms with Gasteiger partial charge < -0.3 is 10.4 Å². The molecule has 0 atom stereocenters. The van der Waals surface area contributed by atoms with E-state index in [4.69, 9.17) is 0 Å². The largest absolute Gasteiger partial charge is 0.508 e. The van der Waals surface area contributed by atoms with Gasteiger partial charge in [0.25, 0.3) is 5.91 Å². The number of aromatic hydroxyl groups is 1. The molecular weight excluding hydrogens is 325 g/mol. The van der Waals surface area contributed by atoms with Crippen LogP contribution in [0.3, 0.4) is 0 Å². The van der Waals surface area contributed by atoms with Crippen LogP contribution in [0.1, 0.15) is 29.3 Å². The molecule has 0 radical (unpaired) electrons. The third kappa shape index (κ3) is 6.06. The lowest BCUT2D eigenvalue weighted by Gasteiger charge is -2.06. The second-order valence-corrected chi connectivity index (χ2v) is 5.41. The minimum absolute atomic E-state index is 0.0249. The molecule has 0 aliphatic heterocycles. The van der Waals surface area contributed by atoms with Crippen LogP contribution in [0.15, 0.2) is 53.6 Å². The Hall–Kier alpha value is -3.22. The summed E-state index contributed by atoms with van der Waals surface area (Å²) in [6.07, 6.45) is 0.0249. The number of benzene rings is 2. The number of phenolic OH excluding ortho intramolecular Hbond substituents is 1. The van der Waals surface area contributed by atoms with Crippen molar-refractivity contribution < 1.29 is 19.1 Å². The van der Waals surface area contributed by atoms with Crippen molar-refractivity contribution in [1.29, 1.82) is 0 Å². The molecule has 0 aromatic heterocycles. The van der Waals surface area contributed by atoms with Crippen LogP contribution in [-0.4, -0.2) is 22.6 Å². The van der Waals surface area contributed by atoms with Gasteiger partial charge in [0.2, 0.25) is 5.91 Å². The average molecular weight is 343 g/mol. The van der Waals surface area contributed by atoms with Crippen LogP contribution in [-0.2, 0) is 11.3 Å². The highest BCUT2D eigenvalue weighted by atomic mass is 19.1. The van der Waals surface area contributed by atoms with Crippen molar-refractivity contribution >= 4 is 17.5 Å². The number of hydrogen-bond acceptors (Lipinski definition) is 4. The Kier molecular flexibility index (Phi) is 6.22.